The van der Waals surface area contributed by atoms with Gasteiger partial charge in [-0.25, -0.2) is 4.39 Å². The molecule has 0 aromatic heterocycles. The van der Waals surface area contributed by atoms with Crippen LogP contribution in [0.4, 0.5) is 10.1 Å². The Kier molecular flexibility index (Phi) is 5.70. The molecule has 2 rings (SSSR count). The number of hydrogen-bond donors (Lipinski definition) is 3. The third-order valence-corrected chi connectivity index (χ3v) is 3.52. The van der Waals surface area contributed by atoms with Crippen LogP contribution in [-0.2, 0) is 0 Å². The number of nitrogens with one attached hydrogen (secondary N) is 2. The number of halogens is 2. The highest BCUT2D eigenvalue weighted by Gasteiger charge is 2.15. The van der Waals surface area contributed by atoms with Gasteiger partial charge in [0.1, 0.15) is 5.82 Å². The molecule has 0 fully saturated rings. The number of anilines is 1. The van der Waals surface area contributed by atoms with E-state index in [1.54, 1.807) is 30.3 Å². The third-order valence-electron chi connectivity index (χ3n) is 3.06. The molecule has 0 heterocycles. The van der Waals surface area contributed by atoms with Gasteiger partial charge in [0.2, 0.25) is 0 Å². The monoisotopic (exact) mass is 379 g/mol. The Balaban J connectivity index is 1.94. The Morgan fingerprint density at radius 2 is 1.83 bits per heavy atom. The molecule has 5 nitrogen and oxygen atoms in total. The summed E-state index contributed by atoms with van der Waals surface area (Å²) in [7, 11) is 0. The van der Waals surface area contributed by atoms with Crippen molar-refractivity contribution in [3.8, 4) is 0 Å². The van der Waals surface area contributed by atoms with Crippen LogP contribution in [0.3, 0.4) is 0 Å². The highest BCUT2D eigenvalue weighted by atomic mass is 79.9. The van der Waals surface area contributed by atoms with Crippen molar-refractivity contribution in [2.75, 3.05) is 18.4 Å². The lowest BCUT2D eigenvalue weighted by molar-refractivity contribution is 0.0953. The quantitative estimate of drug-likeness (QED) is 0.674. The fourth-order valence-electron chi connectivity index (χ4n) is 2.03. The maximum absolute atomic E-state index is 13.8. The molecule has 120 valence electrons. The normalized spacial score (nSPS) is 10.2. The highest BCUT2D eigenvalue weighted by Crippen LogP contribution is 2.24. The lowest BCUT2D eigenvalue weighted by atomic mass is 10.1. The van der Waals surface area contributed by atoms with Crippen LogP contribution in [0.2, 0.25) is 0 Å². The molecule has 0 radical (unpaired) electrons. The molecule has 0 saturated carbocycles. The first-order valence-electron chi connectivity index (χ1n) is 6.85. The van der Waals surface area contributed by atoms with Crippen molar-refractivity contribution in [3.05, 3.63) is 63.9 Å². The lowest BCUT2D eigenvalue weighted by Gasteiger charge is -2.12. The Hall–Kier alpha value is -2.41. The minimum Gasteiger partial charge on any atom is -0.383 e. The van der Waals surface area contributed by atoms with Crippen LogP contribution in [0.15, 0.2) is 46.9 Å². The highest BCUT2D eigenvalue weighted by molar-refractivity contribution is 9.10. The van der Waals surface area contributed by atoms with Crippen LogP contribution < -0.4 is 16.4 Å². The van der Waals surface area contributed by atoms with E-state index < -0.39 is 11.7 Å². The van der Waals surface area contributed by atoms with Gasteiger partial charge in [-0.1, -0.05) is 34.1 Å². The average Bonchev–Trinajstić information content (AvgIpc) is 2.51. The van der Waals surface area contributed by atoms with Crippen molar-refractivity contribution < 1.29 is 14.0 Å². The number of primary amides is 1. The van der Waals surface area contributed by atoms with Crippen LogP contribution >= 0.6 is 15.9 Å². The van der Waals surface area contributed by atoms with Crippen molar-refractivity contribution in [1.29, 1.82) is 0 Å². The molecule has 4 N–H and O–H groups in total. The molecular weight excluding hydrogens is 365 g/mol. The first-order valence-corrected chi connectivity index (χ1v) is 7.64. The maximum atomic E-state index is 13.8. The topological polar surface area (TPSA) is 84.2 Å². The van der Waals surface area contributed by atoms with Gasteiger partial charge in [-0.15, -0.1) is 0 Å². The lowest BCUT2D eigenvalue weighted by Crippen LogP contribution is -2.29. The van der Waals surface area contributed by atoms with Crippen molar-refractivity contribution >= 4 is 33.4 Å². The summed E-state index contributed by atoms with van der Waals surface area (Å²) < 4.78 is 14.3. The van der Waals surface area contributed by atoms with Gasteiger partial charge in [0.25, 0.3) is 11.8 Å². The van der Waals surface area contributed by atoms with Gasteiger partial charge in [0.05, 0.1) is 11.3 Å². The fourth-order valence-corrected chi connectivity index (χ4v) is 2.46. The van der Waals surface area contributed by atoms with Gasteiger partial charge in [-0.3, -0.25) is 9.59 Å². The molecule has 2 aromatic carbocycles. The molecule has 2 amide bonds. The largest absolute Gasteiger partial charge is 0.383 e. The second-order valence-electron chi connectivity index (χ2n) is 4.72. The van der Waals surface area contributed by atoms with Crippen LogP contribution in [0, 0.1) is 5.82 Å². The molecule has 0 aliphatic carbocycles. The first kappa shape index (κ1) is 17.0. The molecule has 0 atom stereocenters. The Morgan fingerprint density at radius 3 is 2.48 bits per heavy atom. The van der Waals surface area contributed by atoms with E-state index in [4.69, 9.17) is 5.73 Å². The van der Waals surface area contributed by atoms with Gasteiger partial charge in [-0.05, 0) is 24.3 Å². The van der Waals surface area contributed by atoms with Crippen LogP contribution in [0.25, 0.3) is 0 Å². The van der Waals surface area contributed by atoms with E-state index in [0.717, 1.165) is 0 Å². The molecule has 0 unspecified atom stereocenters. The molecule has 2 aromatic rings. The summed E-state index contributed by atoms with van der Waals surface area (Å²) >= 11 is 3.16. The zero-order valence-electron chi connectivity index (χ0n) is 12.1. The van der Waals surface area contributed by atoms with E-state index in [9.17, 15) is 14.0 Å². The Bertz CT molecular complexity index is 723. The van der Waals surface area contributed by atoms with Crippen molar-refractivity contribution in [3.63, 3.8) is 0 Å². The van der Waals surface area contributed by atoms with Gasteiger partial charge in [0.15, 0.2) is 0 Å². The summed E-state index contributed by atoms with van der Waals surface area (Å²) in [5.41, 5.74) is 5.81. The number of rotatable bonds is 6. The Morgan fingerprint density at radius 1 is 1.13 bits per heavy atom. The van der Waals surface area contributed by atoms with Crippen molar-refractivity contribution in [1.82, 2.24) is 5.32 Å². The molecule has 7 heteroatoms. The minimum atomic E-state index is -0.856. The summed E-state index contributed by atoms with van der Waals surface area (Å²) in [5, 5.41) is 5.62. The van der Waals surface area contributed by atoms with Gasteiger partial charge >= 0.3 is 0 Å². The summed E-state index contributed by atoms with van der Waals surface area (Å²) in [5.74, 6) is -1.77. The predicted octanol–water partition coefficient (Wildman–Crippen LogP) is 2.53. The predicted molar refractivity (Wildman–Crippen MR) is 89.9 cm³/mol. The van der Waals surface area contributed by atoms with E-state index in [0.29, 0.717) is 23.1 Å². The number of carbonyl (C=O) groups is 2. The molecule has 23 heavy (non-hydrogen) atoms. The first-order chi connectivity index (χ1) is 11.0. The second kappa shape index (κ2) is 7.73. The molecular formula is C16H15BrFN3O2. The summed E-state index contributed by atoms with van der Waals surface area (Å²) in [6.07, 6.45) is 0. The van der Waals surface area contributed by atoms with Gasteiger partial charge < -0.3 is 16.4 Å². The van der Waals surface area contributed by atoms with E-state index in [-0.39, 0.29) is 17.2 Å². The SMILES string of the molecule is NC(=O)c1c(F)cc(Br)cc1NCCNC(=O)c1ccccc1. The fraction of sp³-hybridized carbons (Fsp3) is 0.125. The van der Waals surface area contributed by atoms with Gasteiger partial charge in [-0.2, -0.15) is 0 Å². The second-order valence-corrected chi connectivity index (χ2v) is 5.64. The van der Waals surface area contributed by atoms with Crippen LogP contribution in [-0.4, -0.2) is 24.9 Å². The number of carbonyl (C=O) groups excluding carboxylic acids is 2. The standard InChI is InChI=1S/C16H15BrFN3O2/c17-11-8-12(18)14(15(19)22)13(9-11)20-6-7-21-16(23)10-4-2-1-3-5-10/h1-5,8-9,20H,6-7H2,(H2,19,22)(H,21,23). The molecule has 0 aliphatic rings. The van der Waals surface area contributed by atoms with E-state index in [1.807, 2.05) is 6.07 Å². The van der Waals surface area contributed by atoms with E-state index in [1.165, 1.54) is 6.07 Å². The van der Waals surface area contributed by atoms with Crippen molar-refractivity contribution in [2.45, 2.75) is 0 Å². The number of nitrogens with two attached hydrogens (primary N) is 1. The molecule has 0 saturated heterocycles. The maximum Gasteiger partial charge on any atom is 0.253 e. The molecule has 0 spiro atoms. The summed E-state index contributed by atoms with van der Waals surface area (Å²) in [6.45, 7) is 0.620. The van der Waals surface area contributed by atoms with Crippen LogP contribution in [0.5, 0.6) is 0 Å². The Labute approximate surface area is 141 Å². The number of hydrogen-bond acceptors (Lipinski definition) is 3. The van der Waals surface area contributed by atoms with E-state index in [2.05, 4.69) is 26.6 Å². The summed E-state index contributed by atoms with van der Waals surface area (Å²) in [6, 6.07) is 11.5. The smallest absolute Gasteiger partial charge is 0.253 e. The minimum absolute atomic E-state index is 0.206. The molecule has 0 aliphatic heterocycles. The van der Waals surface area contributed by atoms with Gasteiger partial charge in [0, 0.05) is 23.1 Å². The summed E-state index contributed by atoms with van der Waals surface area (Å²) in [4.78, 5) is 23.2. The molecule has 0 bridgehead atoms. The zero-order chi connectivity index (χ0) is 16.8. The van der Waals surface area contributed by atoms with Crippen molar-refractivity contribution in [2.24, 2.45) is 5.73 Å². The number of amides is 2. The zero-order valence-corrected chi connectivity index (χ0v) is 13.7. The van der Waals surface area contributed by atoms with E-state index >= 15 is 0 Å². The third kappa shape index (κ3) is 4.53. The average molecular weight is 380 g/mol. The number of benzene rings is 2. The van der Waals surface area contributed by atoms with Crippen LogP contribution in [0.1, 0.15) is 20.7 Å².